The van der Waals surface area contributed by atoms with Gasteiger partial charge in [-0.2, -0.15) is 5.10 Å². The molecular formula is C13H13FN4O3. The summed E-state index contributed by atoms with van der Waals surface area (Å²) in [6.45, 7) is -0.673. The second-order valence-electron chi connectivity index (χ2n) is 4.16. The summed E-state index contributed by atoms with van der Waals surface area (Å²) in [5.41, 5.74) is 5.88. The second kappa shape index (κ2) is 6.51. The van der Waals surface area contributed by atoms with Crippen LogP contribution in [-0.2, 0) is 20.9 Å². The highest BCUT2D eigenvalue weighted by atomic mass is 19.1. The van der Waals surface area contributed by atoms with Gasteiger partial charge in [-0.1, -0.05) is 12.1 Å². The van der Waals surface area contributed by atoms with Crippen LogP contribution in [0.5, 0.6) is 0 Å². The number of ether oxygens (including phenoxy) is 1. The number of nitrogens with two attached hydrogens (primary N) is 1. The van der Waals surface area contributed by atoms with E-state index >= 15 is 0 Å². The monoisotopic (exact) mass is 292 g/mol. The molecule has 2 aromatic rings. The Morgan fingerprint density at radius 2 is 2.14 bits per heavy atom. The van der Waals surface area contributed by atoms with Crippen LogP contribution < -0.4 is 11.1 Å². The highest BCUT2D eigenvalue weighted by Crippen LogP contribution is 2.11. The molecule has 8 heteroatoms. The van der Waals surface area contributed by atoms with Crippen LogP contribution in [-0.4, -0.2) is 28.3 Å². The van der Waals surface area contributed by atoms with E-state index in [-0.39, 0.29) is 12.2 Å². The van der Waals surface area contributed by atoms with Gasteiger partial charge in [0, 0.05) is 6.20 Å². The Bertz CT molecular complexity index is 656. The van der Waals surface area contributed by atoms with E-state index in [4.69, 9.17) is 10.5 Å². The molecular weight excluding hydrogens is 279 g/mol. The lowest BCUT2D eigenvalue weighted by atomic mass is 10.3. The molecule has 0 bridgehead atoms. The van der Waals surface area contributed by atoms with Crippen LogP contribution in [0.15, 0.2) is 36.7 Å². The molecule has 110 valence electrons. The Balaban J connectivity index is 1.78. The molecule has 1 aromatic carbocycles. The molecule has 0 saturated carbocycles. The average molecular weight is 292 g/mol. The molecule has 2 rings (SSSR count). The zero-order chi connectivity index (χ0) is 15.2. The molecule has 21 heavy (non-hydrogen) atoms. The number of nitrogen functional groups attached to an aromatic ring is 1. The van der Waals surface area contributed by atoms with Gasteiger partial charge in [0.05, 0.1) is 17.6 Å². The average Bonchev–Trinajstić information content (AvgIpc) is 2.84. The van der Waals surface area contributed by atoms with Gasteiger partial charge in [0.15, 0.2) is 6.61 Å². The number of carbonyl (C=O) groups excluding carboxylic acids is 2. The zero-order valence-electron chi connectivity index (χ0n) is 11.0. The van der Waals surface area contributed by atoms with Crippen molar-refractivity contribution in [2.75, 3.05) is 17.7 Å². The van der Waals surface area contributed by atoms with Crippen molar-refractivity contribution in [1.29, 1.82) is 0 Å². The molecule has 0 spiro atoms. The second-order valence-corrected chi connectivity index (χ2v) is 4.16. The minimum atomic E-state index is -0.651. The van der Waals surface area contributed by atoms with Gasteiger partial charge in [0.25, 0.3) is 5.91 Å². The number of anilines is 2. The summed E-state index contributed by atoms with van der Waals surface area (Å²) in [5, 5.41) is 6.10. The Labute approximate surface area is 119 Å². The van der Waals surface area contributed by atoms with E-state index < -0.39 is 24.3 Å². The highest BCUT2D eigenvalue weighted by molar-refractivity contribution is 5.92. The normalized spacial score (nSPS) is 10.1. The number of rotatable bonds is 5. The van der Waals surface area contributed by atoms with Gasteiger partial charge in [0.1, 0.15) is 12.4 Å². The number of hydrogen-bond acceptors (Lipinski definition) is 5. The van der Waals surface area contributed by atoms with Crippen molar-refractivity contribution in [2.45, 2.75) is 6.54 Å². The topological polar surface area (TPSA) is 99.2 Å². The molecule has 0 unspecified atom stereocenters. The number of carbonyl (C=O) groups is 2. The number of para-hydroxylation sites is 1. The van der Waals surface area contributed by atoms with Crippen LogP contribution in [0, 0.1) is 5.82 Å². The van der Waals surface area contributed by atoms with Crippen molar-refractivity contribution in [3.63, 3.8) is 0 Å². The number of aromatic nitrogens is 2. The molecule has 7 nitrogen and oxygen atoms in total. The lowest BCUT2D eigenvalue weighted by Crippen LogP contribution is -2.23. The maximum atomic E-state index is 13.3. The molecule has 0 saturated heterocycles. The molecule has 0 radical (unpaired) electrons. The SMILES string of the molecule is Nc1cnn(CC(=O)OCC(=O)Nc2ccccc2F)c1. The number of amides is 1. The van der Waals surface area contributed by atoms with E-state index in [1.165, 1.54) is 35.3 Å². The molecule has 0 atom stereocenters. The van der Waals surface area contributed by atoms with Crippen LogP contribution in [0.25, 0.3) is 0 Å². The summed E-state index contributed by atoms with van der Waals surface area (Å²) in [5.74, 6) is -1.85. The molecule has 1 aromatic heterocycles. The summed E-state index contributed by atoms with van der Waals surface area (Å²) >= 11 is 0. The third kappa shape index (κ3) is 4.30. The summed E-state index contributed by atoms with van der Waals surface area (Å²) in [4.78, 5) is 23.0. The van der Waals surface area contributed by atoms with Crippen LogP contribution in [0.2, 0.25) is 0 Å². The zero-order valence-corrected chi connectivity index (χ0v) is 11.0. The van der Waals surface area contributed by atoms with Crippen molar-refractivity contribution in [3.8, 4) is 0 Å². The molecule has 0 aliphatic heterocycles. The Morgan fingerprint density at radius 3 is 2.81 bits per heavy atom. The first-order valence-corrected chi connectivity index (χ1v) is 6.02. The Morgan fingerprint density at radius 1 is 1.38 bits per heavy atom. The van der Waals surface area contributed by atoms with Gasteiger partial charge in [-0.3, -0.25) is 14.3 Å². The summed E-state index contributed by atoms with van der Waals surface area (Å²) < 4.78 is 19.3. The van der Waals surface area contributed by atoms with Crippen LogP contribution in [0.3, 0.4) is 0 Å². The predicted octanol–water partition coefficient (Wildman–Crippen LogP) is 0.786. The van der Waals surface area contributed by atoms with Gasteiger partial charge in [-0.15, -0.1) is 0 Å². The van der Waals surface area contributed by atoms with Gasteiger partial charge in [-0.05, 0) is 12.1 Å². The van der Waals surface area contributed by atoms with E-state index in [1.807, 2.05) is 0 Å². The van der Waals surface area contributed by atoms with E-state index in [9.17, 15) is 14.0 Å². The smallest absolute Gasteiger partial charge is 0.328 e. The Kier molecular flexibility index (Phi) is 4.50. The lowest BCUT2D eigenvalue weighted by Gasteiger charge is -2.07. The predicted molar refractivity (Wildman–Crippen MR) is 72.6 cm³/mol. The van der Waals surface area contributed by atoms with Crippen molar-refractivity contribution in [2.24, 2.45) is 0 Å². The van der Waals surface area contributed by atoms with Crippen molar-refractivity contribution >= 4 is 23.3 Å². The first-order valence-electron chi connectivity index (χ1n) is 6.02. The van der Waals surface area contributed by atoms with Gasteiger partial charge < -0.3 is 15.8 Å². The van der Waals surface area contributed by atoms with Crippen molar-refractivity contribution in [3.05, 3.63) is 42.5 Å². The number of hydrogen-bond donors (Lipinski definition) is 2. The molecule has 1 amide bonds. The fourth-order valence-electron chi connectivity index (χ4n) is 1.54. The lowest BCUT2D eigenvalue weighted by molar-refractivity contribution is -0.148. The van der Waals surface area contributed by atoms with Crippen LogP contribution >= 0.6 is 0 Å². The number of benzene rings is 1. The maximum absolute atomic E-state index is 13.3. The minimum Gasteiger partial charge on any atom is -0.454 e. The maximum Gasteiger partial charge on any atom is 0.328 e. The summed E-state index contributed by atoms with van der Waals surface area (Å²) in [6.07, 6.45) is 2.85. The first-order chi connectivity index (χ1) is 10.0. The molecule has 1 heterocycles. The minimum absolute atomic E-state index is 0.0263. The largest absolute Gasteiger partial charge is 0.454 e. The Hall–Kier alpha value is -2.90. The molecule has 3 N–H and O–H groups in total. The standard InChI is InChI=1S/C13H13FN4O3/c14-10-3-1-2-4-11(10)17-12(19)8-21-13(20)7-18-6-9(15)5-16-18/h1-6H,7-8,15H2,(H,17,19). The van der Waals surface area contributed by atoms with E-state index in [2.05, 4.69) is 10.4 Å². The molecule has 0 aliphatic rings. The fraction of sp³-hybridized carbons (Fsp3) is 0.154. The third-order valence-corrected chi connectivity index (χ3v) is 2.46. The van der Waals surface area contributed by atoms with Gasteiger partial charge in [-0.25, -0.2) is 4.39 Å². The van der Waals surface area contributed by atoms with Crippen LogP contribution in [0.4, 0.5) is 15.8 Å². The summed E-state index contributed by atoms with van der Waals surface area (Å²) in [6, 6.07) is 5.69. The summed E-state index contributed by atoms with van der Waals surface area (Å²) in [7, 11) is 0. The van der Waals surface area contributed by atoms with E-state index in [1.54, 1.807) is 6.07 Å². The van der Waals surface area contributed by atoms with Crippen molar-refractivity contribution < 1.29 is 18.7 Å². The molecule has 0 fully saturated rings. The first kappa shape index (κ1) is 14.5. The number of esters is 1. The van der Waals surface area contributed by atoms with Gasteiger partial charge >= 0.3 is 5.97 Å². The highest BCUT2D eigenvalue weighted by Gasteiger charge is 2.10. The van der Waals surface area contributed by atoms with Crippen LogP contribution in [0.1, 0.15) is 0 Å². The van der Waals surface area contributed by atoms with Crippen molar-refractivity contribution in [1.82, 2.24) is 9.78 Å². The fourth-order valence-corrected chi connectivity index (χ4v) is 1.54. The quantitative estimate of drug-likeness (QED) is 0.794. The van der Waals surface area contributed by atoms with E-state index in [0.29, 0.717) is 5.69 Å². The number of halogens is 1. The van der Waals surface area contributed by atoms with E-state index in [0.717, 1.165) is 0 Å². The molecule has 0 aliphatic carbocycles. The van der Waals surface area contributed by atoms with Gasteiger partial charge in [0.2, 0.25) is 0 Å². The number of nitrogens with zero attached hydrogens (tertiary/aromatic N) is 2. The third-order valence-electron chi connectivity index (χ3n) is 2.46. The number of nitrogens with one attached hydrogen (secondary N) is 1.